The van der Waals surface area contributed by atoms with Crippen LogP contribution in [-0.2, 0) is 64.8 Å². The van der Waals surface area contributed by atoms with E-state index in [1.54, 1.807) is 4.57 Å². The maximum Gasteiger partial charge on any atom is 0.478 e. The third-order valence-corrected chi connectivity index (χ3v) is 13.3. The second-order valence-corrected chi connectivity index (χ2v) is 18.2. The molecule has 8 atom stereocenters. The second-order valence-electron chi connectivity index (χ2n) is 15.0. The molecule has 0 saturated carbocycles. The van der Waals surface area contributed by atoms with Gasteiger partial charge in [0, 0.05) is 25.5 Å². The summed E-state index contributed by atoms with van der Waals surface area (Å²) in [5, 5.41) is 0. The van der Waals surface area contributed by atoms with Gasteiger partial charge in [-0.2, -0.15) is 4.98 Å². The minimum Gasteiger partial charge on any atom is -0.438 e. The van der Waals surface area contributed by atoms with Crippen molar-refractivity contribution in [3.05, 3.63) is 35.4 Å². The maximum absolute atomic E-state index is 14.7. The van der Waals surface area contributed by atoms with Crippen molar-refractivity contribution in [1.29, 1.82) is 0 Å². The van der Waals surface area contributed by atoms with E-state index in [1.807, 2.05) is 0 Å². The predicted octanol–water partition coefficient (Wildman–Crippen LogP) is 5.26. The molecule has 3 aliphatic heterocycles. The summed E-state index contributed by atoms with van der Waals surface area (Å²) in [5.41, 5.74) is 11.6. The molecule has 3 aromatic heterocycles. The number of esters is 2. The first-order valence-electron chi connectivity index (χ1n) is 20.9. The summed E-state index contributed by atoms with van der Waals surface area (Å²) in [6.07, 6.45) is 7.36. The summed E-state index contributed by atoms with van der Waals surface area (Å²) >= 11 is 0. The number of nitrogens with two attached hydrogens (primary N) is 2. The van der Waals surface area contributed by atoms with E-state index in [9.17, 15) is 23.5 Å². The molecule has 0 radical (unpaired) electrons. The molecule has 0 bridgehead atoms. The van der Waals surface area contributed by atoms with E-state index in [1.165, 1.54) is 24.9 Å². The zero-order chi connectivity index (χ0) is 44.1. The van der Waals surface area contributed by atoms with Gasteiger partial charge in [-0.05, 0) is 18.9 Å². The fourth-order valence-corrected chi connectivity index (χ4v) is 9.66. The van der Waals surface area contributed by atoms with Gasteiger partial charge in [-0.15, -0.1) is 0 Å². The molecule has 0 aromatic carbocycles. The van der Waals surface area contributed by atoms with Crippen LogP contribution in [0, 0.1) is 0 Å². The molecular formula is C37H56N8O15P2. The highest BCUT2D eigenvalue weighted by Crippen LogP contribution is 2.57. The van der Waals surface area contributed by atoms with Crippen LogP contribution in [0.1, 0.15) is 110 Å². The van der Waals surface area contributed by atoms with Crippen molar-refractivity contribution in [2.75, 3.05) is 44.9 Å². The van der Waals surface area contributed by atoms with Gasteiger partial charge >= 0.3 is 33.3 Å². The Morgan fingerprint density at radius 2 is 1.42 bits per heavy atom. The average Bonchev–Trinajstić information content (AvgIpc) is 3.96. The Morgan fingerprint density at radius 1 is 0.790 bits per heavy atom. The number of rotatable bonds is 20. The average molecular weight is 915 g/mol. The van der Waals surface area contributed by atoms with E-state index < -0.39 is 96.8 Å². The standard InChI is InChI=1S/C37H56N8O15P2/c1-3-5-7-9-11-13-31(46)52-23-56-61(49)55-20-28-34(25(18-51-28)44-16-15-29(38)43-37(44)48)60-62(50,57-24-53-32(47)14-12-10-8-6-4-2)54-19-27-26(59-61)17-30(58-27)45-22-42-33-35(39)40-21-41-36(33)45/h15-16,21-22,25-28,30,34H,3-14,17-20,23-24H2,1-2H3,(H2,38,43,48)(H2,39,40,41)/t25-,26+,27?,28?,30-,34+,61?,62?/m1/s1. The number of carbonyl (C=O) groups excluding carboxylic acids is 2. The summed E-state index contributed by atoms with van der Waals surface area (Å²) in [6, 6.07) is 0.330. The van der Waals surface area contributed by atoms with Crippen molar-refractivity contribution in [3.8, 4) is 0 Å². The molecule has 0 aliphatic carbocycles. The molecule has 344 valence electrons. The highest BCUT2D eigenvalue weighted by molar-refractivity contribution is 7.48. The van der Waals surface area contributed by atoms with E-state index in [0.29, 0.717) is 24.0 Å². The van der Waals surface area contributed by atoms with Crippen LogP contribution in [0.4, 0.5) is 11.6 Å². The minimum absolute atomic E-state index is 0.0444. The van der Waals surface area contributed by atoms with Gasteiger partial charge in [-0.25, -0.2) is 37.9 Å². The Kier molecular flexibility index (Phi) is 17.4. The summed E-state index contributed by atoms with van der Waals surface area (Å²) in [7, 11) is -9.49. The highest BCUT2D eigenvalue weighted by Gasteiger charge is 2.50. The van der Waals surface area contributed by atoms with Crippen LogP contribution in [0.5, 0.6) is 0 Å². The van der Waals surface area contributed by atoms with Crippen LogP contribution < -0.4 is 17.2 Å². The molecule has 4 unspecified atom stereocenters. The summed E-state index contributed by atoms with van der Waals surface area (Å²) < 4.78 is 89.9. The zero-order valence-corrected chi connectivity index (χ0v) is 36.6. The van der Waals surface area contributed by atoms with Gasteiger partial charge in [0.05, 0.1) is 32.2 Å². The van der Waals surface area contributed by atoms with Crippen molar-refractivity contribution in [2.45, 2.75) is 134 Å². The van der Waals surface area contributed by atoms with Gasteiger partial charge in [0.15, 0.2) is 11.5 Å². The number of ether oxygens (including phenoxy) is 4. The fraction of sp³-hybridized carbons (Fsp3) is 0.703. The number of hydrogen-bond donors (Lipinski definition) is 2. The lowest BCUT2D eigenvalue weighted by atomic mass is 10.1. The van der Waals surface area contributed by atoms with Gasteiger partial charge in [-0.1, -0.05) is 65.2 Å². The number of nitrogens with zero attached hydrogens (tertiary/aromatic N) is 6. The zero-order valence-electron chi connectivity index (χ0n) is 34.9. The minimum atomic E-state index is -4.79. The second kappa shape index (κ2) is 22.6. The Morgan fingerprint density at radius 3 is 2.06 bits per heavy atom. The first-order chi connectivity index (χ1) is 29.9. The molecule has 3 aromatic rings. The fourth-order valence-electron chi connectivity index (χ4n) is 7.11. The lowest BCUT2D eigenvalue weighted by Crippen LogP contribution is -2.39. The number of phosphoric acid groups is 2. The van der Waals surface area contributed by atoms with E-state index in [2.05, 4.69) is 33.8 Å². The lowest BCUT2D eigenvalue weighted by molar-refractivity contribution is -0.152. The third kappa shape index (κ3) is 12.9. The number of hydrogen-bond acceptors (Lipinski definition) is 21. The van der Waals surface area contributed by atoms with Gasteiger partial charge in [0.2, 0.25) is 13.6 Å². The quantitative estimate of drug-likeness (QED) is 0.0632. The molecule has 0 amide bonds. The van der Waals surface area contributed by atoms with Crippen molar-refractivity contribution in [3.63, 3.8) is 0 Å². The van der Waals surface area contributed by atoms with Crippen LogP contribution in [0.2, 0.25) is 0 Å². The molecule has 3 saturated heterocycles. The topological polar surface area (TPSA) is 291 Å². The number of imidazole rings is 1. The van der Waals surface area contributed by atoms with E-state index in [-0.39, 0.29) is 37.5 Å². The Labute approximate surface area is 357 Å². The number of phosphoric ester groups is 2. The van der Waals surface area contributed by atoms with Crippen LogP contribution >= 0.6 is 15.6 Å². The number of carbonyl (C=O) groups is 2. The number of anilines is 2. The van der Waals surface area contributed by atoms with Crippen LogP contribution in [-0.4, -0.2) is 98.8 Å². The highest BCUT2D eigenvalue weighted by atomic mass is 31.2. The number of nitrogen functional groups attached to an aromatic ring is 2. The van der Waals surface area contributed by atoms with Gasteiger partial charge < -0.3 is 30.4 Å². The summed E-state index contributed by atoms with van der Waals surface area (Å²) in [5.74, 6) is -1.09. The Bertz CT molecular complexity index is 2110. The predicted molar refractivity (Wildman–Crippen MR) is 218 cm³/mol. The summed E-state index contributed by atoms with van der Waals surface area (Å²) in [6.45, 7) is 1.17. The van der Waals surface area contributed by atoms with Crippen molar-refractivity contribution in [2.24, 2.45) is 0 Å². The molecule has 0 spiro atoms. The number of fused-ring (bicyclic) bond motifs is 3. The van der Waals surface area contributed by atoms with Crippen LogP contribution in [0.15, 0.2) is 29.7 Å². The first-order valence-corrected chi connectivity index (χ1v) is 23.8. The third-order valence-electron chi connectivity index (χ3n) is 10.5. The van der Waals surface area contributed by atoms with Gasteiger partial charge in [0.1, 0.15) is 48.3 Å². The number of unbranched alkanes of at least 4 members (excludes halogenated alkanes) is 8. The van der Waals surface area contributed by atoms with Crippen LogP contribution in [0.3, 0.4) is 0 Å². The SMILES string of the molecule is CCCCCCCC(=O)OCOP1(=O)OCC2OC[C@@H](n3ccc(N)nc3=O)[C@@H]2OP(=O)(OCOC(=O)CCCCCCC)OCC2O[C@@H](n3cnc4c(N)ncnc43)C[C@@H]2O1. The van der Waals surface area contributed by atoms with Gasteiger partial charge in [-0.3, -0.25) is 36.8 Å². The smallest absolute Gasteiger partial charge is 0.438 e. The molecule has 6 rings (SSSR count). The Balaban J connectivity index is 1.25. The maximum atomic E-state index is 14.7. The summed E-state index contributed by atoms with van der Waals surface area (Å²) in [4.78, 5) is 54.5. The molecule has 3 fully saturated rings. The molecule has 25 heteroatoms. The van der Waals surface area contributed by atoms with Gasteiger partial charge in [0.25, 0.3) is 0 Å². The van der Waals surface area contributed by atoms with Crippen molar-refractivity contribution >= 4 is 50.4 Å². The van der Waals surface area contributed by atoms with Crippen LogP contribution in [0.25, 0.3) is 11.2 Å². The lowest BCUT2D eigenvalue weighted by Gasteiger charge is -2.31. The van der Waals surface area contributed by atoms with E-state index >= 15 is 0 Å². The van der Waals surface area contributed by atoms with E-state index in [0.717, 1.165) is 55.9 Å². The van der Waals surface area contributed by atoms with E-state index in [4.69, 9.17) is 57.6 Å². The first kappa shape index (κ1) is 47.6. The van der Waals surface area contributed by atoms with Crippen molar-refractivity contribution < 1.29 is 64.8 Å². The molecule has 4 N–H and O–H groups in total. The number of aromatic nitrogens is 6. The normalized spacial score (nSPS) is 27.8. The van der Waals surface area contributed by atoms with Crippen molar-refractivity contribution in [1.82, 2.24) is 29.1 Å². The molecule has 23 nitrogen and oxygen atoms in total. The molecule has 6 heterocycles. The molecule has 3 aliphatic rings. The molecular weight excluding hydrogens is 858 g/mol. The Hall–Kier alpha value is -3.89. The largest absolute Gasteiger partial charge is 0.478 e. The monoisotopic (exact) mass is 914 g/mol. The molecule has 62 heavy (non-hydrogen) atoms.